The zero-order valence-electron chi connectivity index (χ0n) is 26.8. The minimum Gasteiger partial charge on any atom is -0.494 e. The fourth-order valence-corrected chi connectivity index (χ4v) is 6.77. The minimum atomic E-state index is -3.58. The Hall–Kier alpha value is -4.23. The number of hydrogen-bond donors (Lipinski definition) is 3. The third-order valence-electron chi connectivity index (χ3n) is 7.85. The van der Waals surface area contributed by atoms with Gasteiger partial charge in [0.25, 0.3) is 0 Å². The van der Waals surface area contributed by atoms with E-state index in [1.165, 1.54) is 6.20 Å². The second kappa shape index (κ2) is 13.2. The largest absolute Gasteiger partial charge is 0.494 e. The second-order valence-electron chi connectivity index (χ2n) is 12.1. The molecular weight excluding hydrogens is 630 g/mol. The maximum atomic E-state index is 13.0. The molecule has 0 unspecified atom stereocenters. The van der Waals surface area contributed by atoms with Crippen molar-refractivity contribution in [3.63, 3.8) is 0 Å². The molecule has 1 aliphatic rings. The Balaban J connectivity index is 1.45. The molecule has 1 fully saturated rings. The predicted octanol–water partition coefficient (Wildman–Crippen LogP) is 6.57. The summed E-state index contributed by atoms with van der Waals surface area (Å²) in [4.78, 5) is 24.8. The number of ether oxygens (including phenoxy) is 1. The number of benzene rings is 2. The number of para-hydroxylation sites is 1. The standard InChI is InChI=1S/C32H40ClN7O5S/c1-19(2)45-27-15-21-18-40(22-11-13-39(14-12-22)32(42)38(5)6)30(41)23(21)16-26(27)36-31-34-17-24(33)29(37-31)35-25-9-7-8-10-28(25)46(43,44)20(3)4/h7-10,15-20,22,41H,11-14H2,1-6H3,(H2,34,35,36,37). The van der Waals surface area contributed by atoms with Crippen molar-refractivity contribution in [2.45, 2.75) is 62.8 Å². The van der Waals surface area contributed by atoms with Gasteiger partial charge in [-0.25, -0.2) is 18.2 Å². The Kier molecular flexibility index (Phi) is 9.54. The number of nitrogens with one attached hydrogen (secondary N) is 2. The number of carbonyl (C=O) groups is 1. The number of hydrogen-bond acceptors (Lipinski definition) is 9. The van der Waals surface area contributed by atoms with E-state index in [4.69, 9.17) is 16.3 Å². The lowest BCUT2D eigenvalue weighted by Crippen LogP contribution is -2.44. The van der Waals surface area contributed by atoms with Crippen molar-refractivity contribution in [1.82, 2.24) is 24.3 Å². The lowest BCUT2D eigenvalue weighted by Gasteiger charge is -2.34. The molecule has 46 heavy (non-hydrogen) atoms. The van der Waals surface area contributed by atoms with Crippen LogP contribution in [0.15, 0.2) is 53.7 Å². The Morgan fingerprint density at radius 3 is 2.43 bits per heavy atom. The van der Waals surface area contributed by atoms with Crippen molar-refractivity contribution in [1.29, 1.82) is 0 Å². The highest BCUT2D eigenvalue weighted by molar-refractivity contribution is 7.92. The number of likely N-dealkylation sites (tertiary alicyclic amines) is 1. The van der Waals surface area contributed by atoms with Gasteiger partial charge in [-0.2, -0.15) is 4.98 Å². The highest BCUT2D eigenvalue weighted by atomic mass is 35.5. The number of urea groups is 1. The van der Waals surface area contributed by atoms with E-state index in [9.17, 15) is 18.3 Å². The van der Waals surface area contributed by atoms with Crippen LogP contribution in [0.25, 0.3) is 10.8 Å². The summed E-state index contributed by atoms with van der Waals surface area (Å²) in [5, 5.41) is 18.6. The monoisotopic (exact) mass is 669 g/mol. The summed E-state index contributed by atoms with van der Waals surface area (Å²) in [5.41, 5.74) is 0.868. The minimum absolute atomic E-state index is 0.0147. The van der Waals surface area contributed by atoms with Gasteiger partial charge in [-0.05, 0) is 64.8 Å². The molecule has 4 aromatic rings. The Labute approximate surface area is 274 Å². The van der Waals surface area contributed by atoms with Crippen molar-refractivity contribution < 1.29 is 23.1 Å². The number of piperidine rings is 1. The lowest BCUT2D eigenvalue weighted by atomic mass is 10.1. The van der Waals surface area contributed by atoms with Gasteiger partial charge in [0, 0.05) is 50.2 Å². The molecule has 0 bridgehead atoms. The molecule has 0 aliphatic carbocycles. The van der Waals surface area contributed by atoms with Gasteiger partial charge in [0.05, 0.1) is 33.8 Å². The normalized spacial score (nSPS) is 14.2. The van der Waals surface area contributed by atoms with Gasteiger partial charge in [-0.1, -0.05) is 23.7 Å². The second-order valence-corrected chi connectivity index (χ2v) is 15.0. The molecule has 12 nitrogen and oxygen atoms in total. The van der Waals surface area contributed by atoms with Gasteiger partial charge in [0.1, 0.15) is 10.8 Å². The van der Waals surface area contributed by atoms with Gasteiger partial charge in [0.15, 0.2) is 21.5 Å². The molecule has 246 valence electrons. The van der Waals surface area contributed by atoms with E-state index in [0.717, 1.165) is 5.39 Å². The molecule has 2 aromatic carbocycles. The third-order valence-corrected chi connectivity index (χ3v) is 10.3. The van der Waals surface area contributed by atoms with Gasteiger partial charge < -0.3 is 34.8 Å². The lowest BCUT2D eigenvalue weighted by molar-refractivity contribution is 0.147. The van der Waals surface area contributed by atoms with Crippen LogP contribution in [0.2, 0.25) is 5.02 Å². The molecule has 2 aromatic heterocycles. The van der Waals surface area contributed by atoms with Crippen molar-refractivity contribution >= 4 is 61.4 Å². The molecule has 1 aliphatic heterocycles. The first kappa shape index (κ1) is 33.1. The van der Waals surface area contributed by atoms with E-state index < -0.39 is 15.1 Å². The molecule has 5 rings (SSSR count). The molecule has 14 heteroatoms. The fraction of sp³-hybridized carbons (Fsp3) is 0.406. The van der Waals surface area contributed by atoms with Gasteiger partial charge in [-0.3, -0.25) is 0 Å². The summed E-state index contributed by atoms with van der Waals surface area (Å²) in [6.07, 6.45) is 4.62. The molecule has 3 N–H and O–H groups in total. The number of sulfone groups is 1. The van der Waals surface area contributed by atoms with Crippen LogP contribution in [0.1, 0.15) is 46.6 Å². The fourth-order valence-electron chi connectivity index (χ4n) is 5.43. The number of aromatic hydroxyl groups is 1. The number of fused-ring (bicyclic) bond motifs is 1. The molecule has 0 saturated carbocycles. The molecule has 1 saturated heterocycles. The first-order chi connectivity index (χ1) is 21.8. The smallest absolute Gasteiger partial charge is 0.319 e. The van der Waals surface area contributed by atoms with E-state index in [1.807, 2.05) is 35.6 Å². The van der Waals surface area contributed by atoms with E-state index >= 15 is 0 Å². The van der Waals surface area contributed by atoms with Crippen LogP contribution in [0.4, 0.5) is 27.9 Å². The number of aromatic nitrogens is 3. The van der Waals surface area contributed by atoms with Crippen LogP contribution in [0.3, 0.4) is 0 Å². The van der Waals surface area contributed by atoms with Gasteiger partial charge in [0.2, 0.25) is 5.95 Å². The summed E-state index contributed by atoms with van der Waals surface area (Å²) in [6, 6.07) is 10.3. The summed E-state index contributed by atoms with van der Waals surface area (Å²) >= 11 is 6.45. The first-order valence-electron chi connectivity index (χ1n) is 15.2. The average Bonchev–Trinajstić information content (AvgIpc) is 3.33. The van der Waals surface area contributed by atoms with Crippen LogP contribution in [-0.2, 0) is 9.84 Å². The zero-order chi connectivity index (χ0) is 33.3. The van der Waals surface area contributed by atoms with Crippen molar-refractivity contribution in [3.8, 4) is 11.6 Å². The Morgan fingerprint density at radius 1 is 1.09 bits per heavy atom. The third kappa shape index (κ3) is 6.80. The number of nitrogens with zero attached hydrogens (tertiary/aromatic N) is 5. The Bertz CT molecular complexity index is 1850. The summed E-state index contributed by atoms with van der Waals surface area (Å²) in [7, 11) is -0.0969. The summed E-state index contributed by atoms with van der Waals surface area (Å²) < 4.78 is 34.0. The Morgan fingerprint density at radius 2 is 1.78 bits per heavy atom. The SMILES string of the molecule is CC(C)Oc1cc2cn(C3CCN(C(=O)N(C)C)CC3)c(O)c2cc1Nc1ncc(Cl)c(Nc2ccccc2S(=O)(=O)C(C)C)n1. The van der Waals surface area contributed by atoms with E-state index in [2.05, 4.69) is 20.6 Å². The molecule has 0 spiro atoms. The molecule has 2 amide bonds. The molecule has 0 atom stereocenters. The average molecular weight is 670 g/mol. The molecular formula is C32H40ClN7O5S. The first-order valence-corrected chi connectivity index (χ1v) is 17.1. The zero-order valence-corrected chi connectivity index (χ0v) is 28.4. The highest BCUT2D eigenvalue weighted by Crippen LogP contribution is 2.40. The highest BCUT2D eigenvalue weighted by Gasteiger charge is 2.27. The maximum Gasteiger partial charge on any atom is 0.319 e. The quantitative estimate of drug-likeness (QED) is 0.180. The van der Waals surface area contributed by atoms with Gasteiger partial charge in [-0.15, -0.1) is 0 Å². The van der Waals surface area contributed by atoms with Crippen LogP contribution in [0.5, 0.6) is 11.6 Å². The van der Waals surface area contributed by atoms with Crippen molar-refractivity contribution in [2.24, 2.45) is 0 Å². The topological polar surface area (TPSA) is 142 Å². The van der Waals surface area contributed by atoms with Crippen LogP contribution in [0, 0.1) is 0 Å². The van der Waals surface area contributed by atoms with Crippen molar-refractivity contribution in [3.05, 3.63) is 53.8 Å². The van der Waals surface area contributed by atoms with Crippen LogP contribution < -0.4 is 15.4 Å². The molecule has 3 heterocycles. The summed E-state index contributed by atoms with van der Waals surface area (Å²) in [6.45, 7) is 8.29. The predicted molar refractivity (Wildman–Crippen MR) is 181 cm³/mol. The summed E-state index contributed by atoms with van der Waals surface area (Å²) in [5.74, 6) is 1.05. The van der Waals surface area contributed by atoms with E-state index in [1.54, 1.807) is 63.2 Å². The van der Waals surface area contributed by atoms with E-state index in [0.29, 0.717) is 48.4 Å². The number of halogens is 1. The van der Waals surface area contributed by atoms with Crippen LogP contribution in [-0.4, -0.2) is 82.4 Å². The van der Waals surface area contributed by atoms with Crippen molar-refractivity contribution in [2.75, 3.05) is 37.8 Å². The number of amides is 2. The molecule has 0 radical (unpaired) electrons. The van der Waals surface area contributed by atoms with Crippen LogP contribution >= 0.6 is 11.6 Å². The number of rotatable bonds is 9. The number of anilines is 4. The van der Waals surface area contributed by atoms with Gasteiger partial charge >= 0.3 is 6.03 Å². The van der Waals surface area contributed by atoms with E-state index in [-0.39, 0.29) is 45.7 Å². The maximum absolute atomic E-state index is 13.0. The number of carbonyl (C=O) groups excluding carboxylic acids is 1.